The third-order valence-electron chi connectivity index (χ3n) is 4.43. The first-order chi connectivity index (χ1) is 9.65. The van der Waals surface area contributed by atoms with Crippen molar-refractivity contribution in [2.45, 2.75) is 58.2 Å². The van der Waals surface area contributed by atoms with Crippen LogP contribution in [0.3, 0.4) is 0 Å². The highest BCUT2D eigenvalue weighted by atomic mass is 16.5. The Balaban J connectivity index is 1.80. The minimum Gasteiger partial charge on any atom is -0.379 e. The molecule has 0 amide bonds. The van der Waals surface area contributed by atoms with Crippen LogP contribution in [-0.2, 0) is 9.47 Å². The largest absolute Gasteiger partial charge is 0.379 e. The summed E-state index contributed by atoms with van der Waals surface area (Å²) in [5.41, 5.74) is 0. The van der Waals surface area contributed by atoms with E-state index in [-0.39, 0.29) is 0 Å². The number of hydrogen-bond donors (Lipinski definition) is 1. The molecule has 0 spiro atoms. The van der Waals surface area contributed by atoms with Gasteiger partial charge >= 0.3 is 0 Å². The van der Waals surface area contributed by atoms with Crippen LogP contribution in [0.5, 0.6) is 0 Å². The molecule has 2 fully saturated rings. The Bertz CT molecular complexity index is 267. The van der Waals surface area contributed by atoms with Crippen molar-refractivity contribution in [3.63, 3.8) is 0 Å². The molecule has 20 heavy (non-hydrogen) atoms. The fraction of sp³-hybridized carbons (Fsp3) is 1.00. The van der Waals surface area contributed by atoms with E-state index in [1.165, 1.54) is 6.42 Å². The molecule has 0 aromatic carbocycles. The highest BCUT2D eigenvalue weighted by molar-refractivity contribution is 4.81. The summed E-state index contributed by atoms with van der Waals surface area (Å²) in [5.74, 6) is 0.748. The maximum Gasteiger partial charge on any atom is 0.0594 e. The van der Waals surface area contributed by atoms with Crippen molar-refractivity contribution >= 4 is 0 Å². The fourth-order valence-corrected chi connectivity index (χ4v) is 3.33. The first-order valence-corrected chi connectivity index (χ1v) is 8.32. The number of nitrogens with one attached hydrogen (secondary N) is 1. The third kappa shape index (κ3) is 5.32. The minimum absolute atomic E-state index is 0.410. The second-order valence-electron chi connectivity index (χ2n) is 6.74. The minimum atomic E-state index is 0.410. The molecule has 3 unspecified atom stereocenters. The predicted molar refractivity (Wildman–Crippen MR) is 82.1 cm³/mol. The molecule has 2 saturated heterocycles. The van der Waals surface area contributed by atoms with Crippen molar-refractivity contribution in [2.24, 2.45) is 5.92 Å². The molecule has 1 N–H and O–H groups in total. The van der Waals surface area contributed by atoms with Gasteiger partial charge in [-0.15, -0.1) is 0 Å². The van der Waals surface area contributed by atoms with Gasteiger partial charge in [-0.25, -0.2) is 0 Å². The number of hydrogen-bond acceptors (Lipinski definition) is 4. The molecule has 2 rings (SSSR count). The zero-order chi connectivity index (χ0) is 14.4. The molecule has 2 aliphatic heterocycles. The average Bonchev–Trinajstić information content (AvgIpc) is 2.44. The number of rotatable bonds is 6. The summed E-state index contributed by atoms with van der Waals surface area (Å²) >= 11 is 0. The molecule has 3 atom stereocenters. The Morgan fingerprint density at radius 3 is 2.60 bits per heavy atom. The van der Waals surface area contributed by atoms with Crippen molar-refractivity contribution in [1.82, 2.24) is 10.2 Å². The molecular formula is C16H32N2O2. The van der Waals surface area contributed by atoms with Crippen LogP contribution in [0.1, 0.15) is 40.0 Å². The summed E-state index contributed by atoms with van der Waals surface area (Å²) in [4.78, 5) is 2.61. The second-order valence-corrected chi connectivity index (χ2v) is 6.74. The van der Waals surface area contributed by atoms with Gasteiger partial charge in [0.15, 0.2) is 0 Å². The van der Waals surface area contributed by atoms with Crippen LogP contribution in [0.2, 0.25) is 0 Å². The smallest absolute Gasteiger partial charge is 0.0594 e. The molecule has 2 aliphatic rings. The third-order valence-corrected chi connectivity index (χ3v) is 4.43. The molecule has 0 aromatic heterocycles. The fourth-order valence-electron chi connectivity index (χ4n) is 3.33. The van der Waals surface area contributed by atoms with Gasteiger partial charge in [-0.3, -0.25) is 4.90 Å². The molecule has 2 heterocycles. The van der Waals surface area contributed by atoms with Crippen molar-refractivity contribution in [1.29, 1.82) is 0 Å². The van der Waals surface area contributed by atoms with Gasteiger partial charge in [0.25, 0.3) is 0 Å². The maximum absolute atomic E-state index is 5.63. The summed E-state index contributed by atoms with van der Waals surface area (Å²) in [5, 5.41) is 3.79. The Hall–Kier alpha value is -0.160. The highest BCUT2D eigenvalue weighted by Crippen LogP contribution is 2.16. The normalized spacial score (nSPS) is 30.6. The molecule has 0 aliphatic carbocycles. The number of ether oxygens (including phenoxy) is 2. The molecule has 0 radical (unpaired) electrons. The van der Waals surface area contributed by atoms with Gasteiger partial charge in [0, 0.05) is 38.3 Å². The van der Waals surface area contributed by atoms with E-state index in [4.69, 9.17) is 9.47 Å². The SMILES string of the molecule is CC(C)CC(CNC1CCOC(C)C1)N1CCOCC1. The molecule has 118 valence electrons. The van der Waals surface area contributed by atoms with Crippen LogP contribution < -0.4 is 5.32 Å². The molecule has 0 bridgehead atoms. The van der Waals surface area contributed by atoms with E-state index in [1.807, 2.05) is 0 Å². The number of nitrogens with zero attached hydrogens (tertiary/aromatic N) is 1. The Morgan fingerprint density at radius 1 is 1.20 bits per heavy atom. The monoisotopic (exact) mass is 284 g/mol. The molecule has 0 saturated carbocycles. The van der Waals surface area contributed by atoms with Gasteiger partial charge < -0.3 is 14.8 Å². The Morgan fingerprint density at radius 2 is 1.95 bits per heavy atom. The van der Waals surface area contributed by atoms with Gasteiger partial charge in [-0.05, 0) is 32.1 Å². The van der Waals surface area contributed by atoms with Crippen molar-refractivity contribution in [2.75, 3.05) is 39.5 Å². The van der Waals surface area contributed by atoms with Crippen LogP contribution in [0, 0.1) is 5.92 Å². The van der Waals surface area contributed by atoms with Crippen molar-refractivity contribution in [3.05, 3.63) is 0 Å². The summed E-state index contributed by atoms with van der Waals surface area (Å²) < 4.78 is 11.1. The van der Waals surface area contributed by atoms with Gasteiger partial charge in [0.05, 0.1) is 19.3 Å². The van der Waals surface area contributed by atoms with E-state index in [0.29, 0.717) is 18.2 Å². The lowest BCUT2D eigenvalue weighted by Gasteiger charge is -2.37. The van der Waals surface area contributed by atoms with Crippen LogP contribution >= 0.6 is 0 Å². The first-order valence-electron chi connectivity index (χ1n) is 8.32. The van der Waals surface area contributed by atoms with Gasteiger partial charge in [0.1, 0.15) is 0 Å². The summed E-state index contributed by atoms with van der Waals surface area (Å²) in [6.45, 7) is 12.8. The lowest BCUT2D eigenvalue weighted by atomic mass is 10.00. The molecule has 4 heteroatoms. The topological polar surface area (TPSA) is 33.7 Å². The van der Waals surface area contributed by atoms with Crippen molar-refractivity contribution in [3.8, 4) is 0 Å². The second kappa shape index (κ2) is 8.32. The Kier molecular flexibility index (Phi) is 6.75. The van der Waals surface area contributed by atoms with Gasteiger partial charge in [-0.2, -0.15) is 0 Å². The van der Waals surface area contributed by atoms with E-state index >= 15 is 0 Å². The van der Waals surface area contributed by atoms with Crippen LogP contribution in [-0.4, -0.2) is 62.5 Å². The summed E-state index contributed by atoms with van der Waals surface area (Å²) in [6, 6.07) is 1.28. The predicted octanol–water partition coefficient (Wildman–Crippen LogP) is 1.89. The van der Waals surface area contributed by atoms with Crippen LogP contribution in [0.15, 0.2) is 0 Å². The Labute approximate surface area is 124 Å². The zero-order valence-electron chi connectivity index (χ0n) is 13.4. The van der Waals surface area contributed by atoms with Gasteiger partial charge in [-0.1, -0.05) is 13.8 Å². The molecule has 4 nitrogen and oxygen atoms in total. The standard InChI is InChI=1S/C16H32N2O2/c1-13(2)10-16(18-5-8-19-9-6-18)12-17-15-4-7-20-14(3)11-15/h13-17H,4-12H2,1-3H3. The van der Waals surface area contributed by atoms with E-state index in [1.54, 1.807) is 0 Å². The van der Waals surface area contributed by atoms with Crippen LogP contribution in [0.25, 0.3) is 0 Å². The van der Waals surface area contributed by atoms with Crippen molar-refractivity contribution < 1.29 is 9.47 Å². The lowest BCUT2D eigenvalue weighted by molar-refractivity contribution is 0.00137. The summed E-state index contributed by atoms with van der Waals surface area (Å²) in [7, 11) is 0. The average molecular weight is 284 g/mol. The molecular weight excluding hydrogens is 252 g/mol. The quantitative estimate of drug-likeness (QED) is 0.807. The molecule has 0 aromatic rings. The highest BCUT2D eigenvalue weighted by Gasteiger charge is 2.24. The van der Waals surface area contributed by atoms with Crippen LogP contribution in [0.4, 0.5) is 0 Å². The number of morpholine rings is 1. The van der Waals surface area contributed by atoms with E-state index < -0.39 is 0 Å². The maximum atomic E-state index is 5.63. The lowest BCUT2D eigenvalue weighted by Crippen LogP contribution is -2.51. The van der Waals surface area contributed by atoms with E-state index in [0.717, 1.165) is 58.2 Å². The zero-order valence-corrected chi connectivity index (χ0v) is 13.4. The van der Waals surface area contributed by atoms with E-state index in [9.17, 15) is 0 Å². The van der Waals surface area contributed by atoms with Gasteiger partial charge in [0.2, 0.25) is 0 Å². The van der Waals surface area contributed by atoms with E-state index in [2.05, 4.69) is 31.0 Å². The summed E-state index contributed by atoms with van der Waals surface area (Å²) in [6.07, 6.45) is 3.98. The first kappa shape index (κ1) is 16.2.